The highest BCUT2D eigenvalue weighted by atomic mass is 79.9. The van der Waals surface area contributed by atoms with Gasteiger partial charge in [0.25, 0.3) is 0 Å². The number of hydrogen-bond acceptors (Lipinski definition) is 4. The normalized spacial score (nSPS) is 10.2. The van der Waals surface area contributed by atoms with Crippen molar-refractivity contribution >= 4 is 21.9 Å². The van der Waals surface area contributed by atoms with Crippen LogP contribution < -0.4 is 14.2 Å². The van der Waals surface area contributed by atoms with Crippen LogP contribution in [0.1, 0.15) is 10.4 Å². The molecule has 122 valence electrons. The molecule has 0 amide bonds. The second kappa shape index (κ2) is 7.82. The molecule has 0 saturated heterocycles. The Hall–Kier alpha value is -2.28. The molecule has 2 aromatic carbocycles. The molecule has 0 atom stereocenters. The number of ether oxygens (including phenoxy) is 3. The van der Waals surface area contributed by atoms with Crippen molar-refractivity contribution in [3.05, 3.63) is 52.3 Å². The van der Waals surface area contributed by atoms with Crippen LogP contribution in [0.5, 0.6) is 17.2 Å². The molecule has 0 aliphatic heterocycles. The summed E-state index contributed by atoms with van der Waals surface area (Å²) in [6.45, 7) is 0.445. The number of hydrogen-bond donors (Lipinski definition) is 1. The lowest BCUT2D eigenvalue weighted by Gasteiger charge is -2.14. The SMILES string of the molecule is COc1cc(C(=O)O)cc(Br)c1OCCOc1ccc(F)cc1. The van der Waals surface area contributed by atoms with E-state index in [0.717, 1.165) is 0 Å². The number of carboxylic acid groups (broad SMARTS) is 1. The zero-order valence-corrected chi connectivity index (χ0v) is 13.8. The van der Waals surface area contributed by atoms with Crippen LogP contribution in [0.2, 0.25) is 0 Å². The minimum atomic E-state index is -1.06. The average molecular weight is 385 g/mol. The summed E-state index contributed by atoms with van der Waals surface area (Å²) in [5.41, 5.74) is 0.0867. The van der Waals surface area contributed by atoms with E-state index in [4.69, 9.17) is 19.3 Å². The van der Waals surface area contributed by atoms with Gasteiger partial charge in [-0.25, -0.2) is 9.18 Å². The quantitative estimate of drug-likeness (QED) is 0.736. The molecular formula is C16H14BrFO5. The van der Waals surface area contributed by atoms with Crippen molar-refractivity contribution in [1.29, 1.82) is 0 Å². The smallest absolute Gasteiger partial charge is 0.335 e. The van der Waals surface area contributed by atoms with Gasteiger partial charge in [0, 0.05) is 0 Å². The summed E-state index contributed by atoms with van der Waals surface area (Å²) in [5.74, 6) is -0.169. The van der Waals surface area contributed by atoms with Crippen LogP contribution in [0, 0.1) is 5.82 Å². The van der Waals surface area contributed by atoms with E-state index in [1.165, 1.54) is 43.5 Å². The van der Waals surface area contributed by atoms with Gasteiger partial charge >= 0.3 is 5.97 Å². The van der Waals surface area contributed by atoms with Crippen molar-refractivity contribution in [3.8, 4) is 17.2 Å². The molecule has 23 heavy (non-hydrogen) atoms. The summed E-state index contributed by atoms with van der Waals surface area (Å²) < 4.78 is 29.4. The van der Waals surface area contributed by atoms with Gasteiger partial charge in [0.1, 0.15) is 24.8 Å². The maximum Gasteiger partial charge on any atom is 0.335 e. The Morgan fingerprint density at radius 1 is 1.17 bits per heavy atom. The first-order valence-electron chi connectivity index (χ1n) is 6.63. The van der Waals surface area contributed by atoms with Crippen molar-refractivity contribution in [2.75, 3.05) is 20.3 Å². The largest absolute Gasteiger partial charge is 0.493 e. The van der Waals surface area contributed by atoms with Gasteiger partial charge in [-0.3, -0.25) is 0 Å². The van der Waals surface area contributed by atoms with E-state index in [1.807, 2.05) is 0 Å². The average Bonchev–Trinajstić information content (AvgIpc) is 2.53. The van der Waals surface area contributed by atoms with Gasteiger partial charge in [-0.05, 0) is 52.3 Å². The van der Waals surface area contributed by atoms with E-state index in [-0.39, 0.29) is 24.6 Å². The Labute approximate surface area is 140 Å². The van der Waals surface area contributed by atoms with E-state index < -0.39 is 5.97 Å². The highest BCUT2D eigenvalue weighted by Gasteiger charge is 2.15. The molecule has 0 saturated carbocycles. The highest BCUT2D eigenvalue weighted by Crippen LogP contribution is 2.36. The molecular weight excluding hydrogens is 371 g/mol. The number of halogens is 2. The van der Waals surface area contributed by atoms with Gasteiger partial charge in [0.2, 0.25) is 0 Å². The minimum Gasteiger partial charge on any atom is -0.493 e. The predicted molar refractivity (Wildman–Crippen MR) is 85.0 cm³/mol. The zero-order chi connectivity index (χ0) is 16.8. The summed E-state index contributed by atoms with van der Waals surface area (Å²) in [5, 5.41) is 9.02. The predicted octanol–water partition coefficient (Wildman–Crippen LogP) is 3.75. The van der Waals surface area contributed by atoms with Gasteiger partial charge in [-0.15, -0.1) is 0 Å². The van der Waals surface area contributed by atoms with Crippen LogP contribution in [-0.4, -0.2) is 31.4 Å². The fraction of sp³-hybridized carbons (Fsp3) is 0.188. The lowest BCUT2D eigenvalue weighted by Crippen LogP contribution is -2.10. The number of aromatic carboxylic acids is 1. The topological polar surface area (TPSA) is 65.0 Å². The number of benzene rings is 2. The summed E-state index contributed by atoms with van der Waals surface area (Å²) >= 11 is 3.26. The Morgan fingerprint density at radius 2 is 1.83 bits per heavy atom. The first-order valence-corrected chi connectivity index (χ1v) is 7.42. The first kappa shape index (κ1) is 17.1. The highest BCUT2D eigenvalue weighted by molar-refractivity contribution is 9.10. The molecule has 0 aromatic heterocycles. The Morgan fingerprint density at radius 3 is 2.43 bits per heavy atom. The van der Waals surface area contributed by atoms with Crippen molar-refractivity contribution in [3.63, 3.8) is 0 Å². The molecule has 2 aromatic rings. The molecule has 0 unspecified atom stereocenters. The summed E-state index contributed by atoms with van der Waals surface area (Å²) in [7, 11) is 1.43. The minimum absolute atomic E-state index is 0.0867. The van der Waals surface area contributed by atoms with Gasteiger partial charge in [-0.1, -0.05) is 0 Å². The molecule has 0 bridgehead atoms. The van der Waals surface area contributed by atoms with Crippen LogP contribution in [0.25, 0.3) is 0 Å². The fourth-order valence-corrected chi connectivity index (χ4v) is 2.37. The van der Waals surface area contributed by atoms with E-state index >= 15 is 0 Å². The maximum absolute atomic E-state index is 12.8. The summed E-state index contributed by atoms with van der Waals surface area (Å²) in [6.07, 6.45) is 0. The standard InChI is InChI=1S/C16H14BrFO5/c1-21-14-9-10(16(19)20)8-13(17)15(14)23-7-6-22-12-4-2-11(18)3-5-12/h2-5,8-9H,6-7H2,1H3,(H,19,20). The Bertz CT molecular complexity index is 688. The lowest BCUT2D eigenvalue weighted by atomic mass is 10.2. The third-order valence-corrected chi connectivity index (χ3v) is 3.48. The van der Waals surface area contributed by atoms with Crippen molar-refractivity contribution in [2.24, 2.45) is 0 Å². The van der Waals surface area contributed by atoms with Gasteiger partial charge < -0.3 is 19.3 Å². The van der Waals surface area contributed by atoms with Crippen LogP contribution in [0.4, 0.5) is 4.39 Å². The lowest BCUT2D eigenvalue weighted by molar-refractivity contribution is 0.0696. The Balaban J connectivity index is 1.97. The van der Waals surface area contributed by atoms with Crippen molar-refractivity contribution < 1.29 is 28.5 Å². The molecule has 0 aliphatic carbocycles. The third kappa shape index (κ3) is 4.59. The molecule has 5 nitrogen and oxygen atoms in total. The van der Waals surface area contributed by atoms with Gasteiger partial charge in [-0.2, -0.15) is 0 Å². The van der Waals surface area contributed by atoms with E-state index in [1.54, 1.807) is 0 Å². The monoisotopic (exact) mass is 384 g/mol. The zero-order valence-electron chi connectivity index (χ0n) is 12.2. The van der Waals surface area contributed by atoms with E-state index in [9.17, 15) is 9.18 Å². The maximum atomic E-state index is 12.8. The summed E-state index contributed by atoms with van der Waals surface area (Å²) in [6, 6.07) is 8.46. The second-order valence-corrected chi connectivity index (χ2v) is 5.30. The molecule has 0 radical (unpaired) electrons. The second-order valence-electron chi connectivity index (χ2n) is 4.45. The number of carboxylic acids is 1. The van der Waals surface area contributed by atoms with Crippen LogP contribution in [0.3, 0.4) is 0 Å². The molecule has 0 aliphatic rings. The number of carbonyl (C=O) groups is 1. The van der Waals surface area contributed by atoms with Crippen LogP contribution in [0.15, 0.2) is 40.9 Å². The first-order chi connectivity index (χ1) is 11.0. The molecule has 0 spiro atoms. The van der Waals surface area contributed by atoms with E-state index in [0.29, 0.717) is 21.7 Å². The van der Waals surface area contributed by atoms with Crippen molar-refractivity contribution in [1.82, 2.24) is 0 Å². The van der Waals surface area contributed by atoms with Gasteiger partial charge in [0.05, 0.1) is 17.1 Å². The molecule has 2 rings (SSSR count). The molecule has 0 fully saturated rings. The Kier molecular flexibility index (Phi) is 5.81. The molecule has 1 N–H and O–H groups in total. The fourth-order valence-electron chi connectivity index (χ4n) is 1.82. The summed E-state index contributed by atoms with van der Waals surface area (Å²) in [4.78, 5) is 11.0. The molecule has 7 heteroatoms. The molecule has 0 heterocycles. The van der Waals surface area contributed by atoms with Crippen LogP contribution in [-0.2, 0) is 0 Å². The van der Waals surface area contributed by atoms with Gasteiger partial charge in [0.15, 0.2) is 11.5 Å². The van der Waals surface area contributed by atoms with Crippen molar-refractivity contribution in [2.45, 2.75) is 0 Å². The van der Waals surface area contributed by atoms with Crippen LogP contribution >= 0.6 is 15.9 Å². The third-order valence-electron chi connectivity index (χ3n) is 2.89. The number of rotatable bonds is 7. The van der Waals surface area contributed by atoms with E-state index in [2.05, 4.69) is 15.9 Å². The number of methoxy groups -OCH3 is 1.